The van der Waals surface area contributed by atoms with Gasteiger partial charge in [0.15, 0.2) is 0 Å². The van der Waals surface area contributed by atoms with Crippen molar-refractivity contribution in [2.24, 2.45) is 0 Å². The number of benzene rings is 2. The monoisotopic (exact) mass is 349 g/mol. The molecule has 1 aliphatic heterocycles. The summed E-state index contributed by atoms with van der Waals surface area (Å²) >= 11 is 0. The molecule has 0 saturated carbocycles. The number of carbonyl (C=O) groups is 1. The average Bonchev–Trinajstić information content (AvgIpc) is 3.27. The molecule has 0 N–H and O–H groups in total. The minimum absolute atomic E-state index is 0.00560. The molecule has 0 unspecified atom stereocenters. The quantitative estimate of drug-likeness (QED) is 0.535. The summed E-state index contributed by atoms with van der Waals surface area (Å²) in [5.74, 6) is -0.254. The highest BCUT2D eigenvalue weighted by Crippen LogP contribution is 2.34. The van der Waals surface area contributed by atoms with E-state index in [1.807, 2.05) is 31.2 Å². The number of rotatable bonds is 3. The fourth-order valence-electron chi connectivity index (χ4n) is 3.34. The van der Waals surface area contributed by atoms with Gasteiger partial charge in [-0.3, -0.25) is 14.9 Å². The van der Waals surface area contributed by atoms with E-state index in [-0.39, 0.29) is 28.9 Å². The number of para-hydroxylation sites is 1. The zero-order chi connectivity index (χ0) is 18.3. The Morgan fingerprint density at radius 1 is 1.23 bits per heavy atom. The topological polar surface area (TPSA) is 94.2 Å². The lowest BCUT2D eigenvalue weighted by Gasteiger charge is -2.22. The van der Waals surface area contributed by atoms with Gasteiger partial charge in [0, 0.05) is 23.4 Å². The molecule has 0 saturated heterocycles. The number of anilines is 1. The van der Waals surface area contributed by atoms with Gasteiger partial charge in [-0.2, -0.15) is 5.10 Å². The van der Waals surface area contributed by atoms with Crippen molar-refractivity contribution in [2.45, 2.75) is 19.4 Å². The Hall–Kier alpha value is -3.55. The molecule has 1 amide bonds. The van der Waals surface area contributed by atoms with Crippen molar-refractivity contribution < 1.29 is 9.72 Å². The minimum atomic E-state index is -0.519. The number of aromatic nitrogens is 3. The van der Waals surface area contributed by atoms with E-state index >= 15 is 0 Å². The Morgan fingerprint density at radius 3 is 2.77 bits per heavy atom. The van der Waals surface area contributed by atoms with E-state index < -0.39 is 4.92 Å². The predicted molar refractivity (Wildman–Crippen MR) is 94.4 cm³/mol. The number of nitro benzene ring substituents is 1. The van der Waals surface area contributed by atoms with Crippen molar-refractivity contribution in [1.82, 2.24) is 14.8 Å². The summed E-state index contributed by atoms with van der Waals surface area (Å²) in [6.45, 7) is 1.97. The lowest BCUT2D eigenvalue weighted by molar-refractivity contribution is -0.384. The van der Waals surface area contributed by atoms with Crippen molar-refractivity contribution >= 4 is 17.3 Å². The first kappa shape index (κ1) is 15.9. The van der Waals surface area contributed by atoms with Gasteiger partial charge in [0.1, 0.15) is 18.3 Å². The molecule has 0 spiro atoms. The Morgan fingerprint density at radius 2 is 2.04 bits per heavy atom. The van der Waals surface area contributed by atoms with Crippen molar-refractivity contribution in [1.29, 1.82) is 0 Å². The van der Waals surface area contributed by atoms with Gasteiger partial charge in [0.25, 0.3) is 11.6 Å². The first-order chi connectivity index (χ1) is 12.6. The van der Waals surface area contributed by atoms with Crippen LogP contribution in [0.25, 0.3) is 5.69 Å². The largest absolute Gasteiger partial charge is 0.305 e. The maximum Gasteiger partial charge on any atom is 0.295 e. The number of carbonyl (C=O) groups excluding carboxylic acids is 1. The van der Waals surface area contributed by atoms with Crippen LogP contribution in [0.3, 0.4) is 0 Å². The molecule has 130 valence electrons. The second-order valence-corrected chi connectivity index (χ2v) is 6.16. The maximum atomic E-state index is 13.1. The summed E-state index contributed by atoms with van der Waals surface area (Å²) in [7, 11) is 0. The molecule has 2 heterocycles. The molecule has 8 nitrogen and oxygen atoms in total. The number of amides is 1. The molecule has 0 fully saturated rings. The van der Waals surface area contributed by atoms with Gasteiger partial charge in [-0.1, -0.05) is 18.2 Å². The highest BCUT2D eigenvalue weighted by Gasteiger charge is 2.32. The van der Waals surface area contributed by atoms with Gasteiger partial charge in [0.2, 0.25) is 0 Å². The minimum Gasteiger partial charge on any atom is -0.305 e. The Labute approximate surface area is 148 Å². The molecule has 3 aromatic rings. The van der Waals surface area contributed by atoms with E-state index in [9.17, 15) is 14.9 Å². The van der Waals surface area contributed by atoms with Gasteiger partial charge >= 0.3 is 0 Å². The van der Waals surface area contributed by atoms with E-state index in [2.05, 4.69) is 10.1 Å². The van der Waals surface area contributed by atoms with E-state index in [1.165, 1.54) is 29.5 Å². The van der Waals surface area contributed by atoms with Crippen molar-refractivity contribution in [3.05, 3.63) is 76.4 Å². The van der Waals surface area contributed by atoms with Gasteiger partial charge in [-0.15, -0.1) is 0 Å². The summed E-state index contributed by atoms with van der Waals surface area (Å²) < 4.78 is 1.31. The molecule has 0 bridgehead atoms. The third-order valence-corrected chi connectivity index (χ3v) is 4.51. The van der Waals surface area contributed by atoms with E-state index in [4.69, 9.17) is 0 Å². The maximum absolute atomic E-state index is 13.1. The molecule has 26 heavy (non-hydrogen) atoms. The first-order valence-corrected chi connectivity index (χ1v) is 8.11. The van der Waals surface area contributed by atoms with Gasteiger partial charge < -0.3 is 4.90 Å². The highest BCUT2D eigenvalue weighted by atomic mass is 16.6. The second kappa shape index (κ2) is 6.07. The van der Waals surface area contributed by atoms with Crippen LogP contribution >= 0.6 is 0 Å². The van der Waals surface area contributed by atoms with Gasteiger partial charge in [-0.25, -0.2) is 9.67 Å². The van der Waals surface area contributed by atoms with Crippen LogP contribution < -0.4 is 4.90 Å². The molecule has 0 radical (unpaired) electrons. The van der Waals surface area contributed by atoms with Crippen LogP contribution in [0.5, 0.6) is 0 Å². The molecular weight excluding hydrogens is 334 g/mol. The van der Waals surface area contributed by atoms with Crippen molar-refractivity contribution in [2.75, 3.05) is 4.90 Å². The Balaban J connectivity index is 1.76. The zero-order valence-corrected chi connectivity index (χ0v) is 13.9. The van der Waals surface area contributed by atoms with E-state index in [0.717, 1.165) is 17.7 Å². The second-order valence-electron chi connectivity index (χ2n) is 6.16. The van der Waals surface area contributed by atoms with Crippen molar-refractivity contribution in [3.63, 3.8) is 0 Å². The third kappa shape index (κ3) is 2.52. The normalized spacial score (nSPS) is 15.7. The van der Waals surface area contributed by atoms with Crippen molar-refractivity contribution in [3.8, 4) is 5.69 Å². The van der Waals surface area contributed by atoms with E-state index in [1.54, 1.807) is 11.0 Å². The number of hydrogen-bond acceptors (Lipinski definition) is 5. The molecular formula is C18H15N5O3. The third-order valence-electron chi connectivity index (χ3n) is 4.51. The summed E-state index contributed by atoms with van der Waals surface area (Å²) in [4.78, 5) is 29.5. The molecule has 1 atom stereocenters. The standard InChI is InChI=1S/C18H15N5O3/c1-12-8-13-4-2-3-5-15(13)22(12)18(24)14-6-7-16(17(9-14)23(25)26)21-11-19-10-20-21/h2-7,9-12H,8H2,1H3/t12-/m0/s1. The fraction of sp³-hybridized carbons (Fsp3) is 0.167. The molecule has 2 aromatic carbocycles. The molecule has 4 rings (SSSR count). The number of fused-ring (bicyclic) bond motifs is 1. The number of nitrogens with zero attached hydrogens (tertiary/aromatic N) is 5. The van der Waals surface area contributed by atoms with E-state index in [0.29, 0.717) is 0 Å². The predicted octanol–water partition coefficient (Wildman–Crippen LogP) is 2.77. The van der Waals surface area contributed by atoms with Crippen LogP contribution in [0, 0.1) is 10.1 Å². The molecule has 1 aliphatic rings. The summed E-state index contributed by atoms with van der Waals surface area (Å²) in [5.41, 5.74) is 2.29. The molecule has 0 aliphatic carbocycles. The molecule has 8 heteroatoms. The molecule has 1 aromatic heterocycles. The van der Waals surface area contributed by atoms with Crippen LogP contribution in [0.4, 0.5) is 11.4 Å². The fourth-order valence-corrected chi connectivity index (χ4v) is 3.34. The number of nitro groups is 1. The van der Waals surface area contributed by atoms with Crippen LogP contribution in [0.2, 0.25) is 0 Å². The summed E-state index contributed by atoms with van der Waals surface area (Å²) in [5, 5.41) is 15.4. The van der Waals surface area contributed by atoms with Crippen LogP contribution in [0.1, 0.15) is 22.8 Å². The smallest absolute Gasteiger partial charge is 0.295 e. The Bertz CT molecular complexity index is 1000. The van der Waals surface area contributed by atoms with Crippen LogP contribution in [0.15, 0.2) is 55.1 Å². The Kier molecular flexibility index (Phi) is 3.72. The summed E-state index contributed by atoms with van der Waals surface area (Å²) in [6.07, 6.45) is 3.44. The van der Waals surface area contributed by atoms with Crippen LogP contribution in [-0.2, 0) is 6.42 Å². The lowest BCUT2D eigenvalue weighted by Crippen LogP contribution is -2.35. The average molecular weight is 349 g/mol. The zero-order valence-electron chi connectivity index (χ0n) is 13.9. The first-order valence-electron chi connectivity index (χ1n) is 8.11. The van der Waals surface area contributed by atoms with Gasteiger partial charge in [0.05, 0.1) is 4.92 Å². The lowest BCUT2D eigenvalue weighted by atomic mass is 10.1. The number of hydrogen-bond donors (Lipinski definition) is 0. The van der Waals surface area contributed by atoms with Gasteiger partial charge in [-0.05, 0) is 37.1 Å². The SMILES string of the molecule is C[C@H]1Cc2ccccc2N1C(=O)c1ccc(-n2cncn2)c([N+](=O)[O-])c1. The highest BCUT2D eigenvalue weighted by molar-refractivity contribution is 6.08. The summed E-state index contributed by atoms with van der Waals surface area (Å²) in [6, 6.07) is 12.1. The van der Waals surface area contributed by atoms with Crippen LogP contribution in [-0.4, -0.2) is 31.6 Å².